The molecule has 2 aromatic rings. The SMILES string of the molecule is COc1cccc(NC(=S)N[C@H](C)c2ccc(S(C)(=O)=O)cc2)c1. The second-order valence-electron chi connectivity index (χ2n) is 5.39. The molecule has 2 aromatic carbocycles. The Hall–Kier alpha value is -2.12. The number of hydrogen-bond acceptors (Lipinski definition) is 4. The lowest BCUT2D eigenvalue weighted by Crippen LogP contribution is -2.30. The second kappa shape index (κ2) is 7.63. The summed E-state index contributed by atoms with van der Waals surface area (Å²) in [5.74, 6) is 0.743. The number of methoxy groups -OCH3 is 1. The van der Waals surface area contributed by atoms with E-state index in [0.717, 1.165) is 17.0 Å². The van der Waals surface area contributed by atoms with E-state index in [1.807, 2.05) is 31.2 Å². The monoisotopic (exact) mass is 364 g/mol. The Morgan fingerprint density at radius 2 is 1.83 bits per heavy atom. The largest absolute Gasteiger partial charge is 0.497 e. The maximum Gasteiger partial charge on any atom is 0.175 e. The zero-order chi connectivity index (χ0) is 17.7. The number of rotatable bonds is 5. The van der Waals surface area contributed by atoms with Crippen LogP contribution in [-0.4, -0.2) is 26.9 Å². The highest BCUT2D eigenvalue weighted by atomic mass is 32.2. The molecule has 0 saturated heterocycles. The molecule has 0 unspecified atom stereocenters. The minimum atomic E-state index is -3.19. The third-order valence-corrected chi connectivity index (χ3v) is 4.83. The van der Waals surface area contributed by atoms with Crippen LogP contribution < -0.4 is 15.4 Å². The smallest absolute Gasteiger partial charge is 0.175 e. The van der Waals surface area contributed by atoms with Gasteiger partial charge in [-0.15, -0.1) is 0 Å². The quantitative estimate of drug-likeness (QED) is 0.795. The van der Waals surface area contributed by atoms with Crippen LogP contribution in [0.5, 0.6) is 5.75 Å². The fraction of sp³-hybridized carbons (Fsp3) is 0.235. The summed E-state index contributed by atoms with van der Waals surface area (Å²) in [6.45, 7) is 1.95. The maximum absolute atomic E-state index is 11.5. The van der Waals surface area contributed by atoms with Crippen molar-refractivity contribution in [1.29, 1.82) is 0 Å². The van der Waals surface area contributed by atoms with Gasteiger partial charge in [0.15, 0.2) is 14.9 Å². The average Bonchev–Trinajstić information content (AvgIpc) is 2.54. The van der Waals surface area contributed by atoms with Gasteiger partial charge in [-0.1, -0.05) is 18.2 Å². The molecule has 0 spiro atoms. The molecule has 0 bridgehead atoms. The Morgan fingerprint density at radius 3 is 2.42 bits per heavy atom. The summed E-state index contributed by atoms with van der Waals surface area (Å²) in [6, 6.07) is 14.2. The van der Waals surface area contributed by atoms with E-state index in [1.165, 1.54) is 6.26 Å². The number of ether oxygens (including phenoxy) is 1. The number of sulfone groups is 1. The fourth-order valence-corrected chi connectivity index (χ4v) is 3.08. The van der Waals surface area contributed by atoms with Gasteiger partial charge in [0.2, 0.25) is 0 Å². The average molecular weight is 364 g/mol. The van der Waals surface area contributed by atoms with Crippen molar-refractivity contribution in [2.45, 2.75) is 17.9 Å². The van der Waals surface area contributed by atoms with Gasteiger partial charge in [0.1, 0.15) is 5.75 Å². The van der Waals surface area contributed by atoms with Gasteiger partial charge in [-0.05, 0) is 49.0 Å². The number of nitrogens with one attached hydrogen (secondary N) is 2. The molecular formula is C17H20N2O3S2. The Kier molecular flexibility index (Phi) is 5.80. The molecule has 2 N–H and O–H groups in total. The van der Waals surface area contributed by atoms with Crippen LogP contribution in [0.25, 0.3) is 0 Å². The summed E-state index contributed by atoms with van der Waals surface area (Å²) >= 11 is 5.32. The predicted octanol–water partition coefficient (Wildman–Crippen LogP) is 3.15. The van der Waals surface area contributed by atoms with Crippen molar-refractivity contribution in [3.05, 3.63) is 54.1 Å². The van der Waals surface area contributed by atoms with E-state index in [9.17, 15) is 8.42 Å². The first-order valence-corrected chi connectivity index (χ1v) is 9.61. The lowest BCUT2D eigenvalue weighted by atomic mass is 10.1. The van der Waals surface area contributed by atoms with Crippen LogP contribution in [-0.2, 0) is 9.84 Å². The van der Waals surface area contributed by atoms with Gasteiger partial charge < -0.3 is 15.4 Å². The van der Waals surface area contributed by atoms with Gasteiger partial charge in [0.05, 0.1) is 18.0 Å². The van der Waals surface area contributed by atoms with E-state index in [2.05, 4.69) is 10.6 Å². The highest BCUT2D eigenvalue weighted by Gasteiger charge is 2.10. The molecule has 0 aliphatic rings. The van der Waals surface area contributed by atoms with Crippen LogP contribution in [0.4, 0.5) is 5.69 Å². The Morgan fingerprint density at radius 1 is 1.17 bits per heavy atom. The standard InChI is InChI=1S/C17H20N2O3S2/c1-12(13-7-9-16(10-8-13)24(3,20)21)18-17(23)19-14-5-4-6-15(11-14)22-2/h4-12H,1-3H3,(H2,18,19,23)/t12-/m1/s1. The summed E-state index contributed by atoms with van der Waals surface area (Å²) in [7, 11) is -1.58. The first kappa shape index (κ1) is 18.2. The molecule has 5 nitrogen and oxygen atoms in total. The van der Waals surface area contributed by atoms with E-state index < -0.39 is 9.84 Å². The Bertz CT molecular complexity index is 818. The highest BCUT2D eigenvalue weighted by Crippen LogP contribution is 2.18. The van der Waals surface area contributed by atoms with Crippen molar-refractivity contribution in [3.63, 3.8) is 0 Å². The molecule has 7 heteroatoms. The van der Waals surface area contributed by atoms with Gasteiger partial charge in [-0.2, -0.15) is 0 Å². The van der Waals surface area contributed by atoms with Crippen LogP contribution >= 0.6 is 12.2 Å². The minimum Gasteiger partial charge on any atom is -0.497 e. The summed E-state index contributed by atoms with van der Waals surface area (Å²) in [5.41, 5.74) is 1.77. The molecule has 128 valence electrons. The van der Waals surface area contributed by atoms with E-state index in [1.54, 1.807) is 31.4 Å². The van der Waals surface area contributed by atoms with Gasteiger partial charge in [0, 0.05) is 18.0 Å². The van der Waals surface area contributed by atoms with Gasteiger partial charge in [-0.3, -0.25) is 0 Å². The van der Waals surface area contributed by atoms with Crippen molar-refractivity contribution in [2.24, 2.45) is 0 Å². The van der Waals surface area contributed by atoms with Crippen LogP contribution in [0.15, 0.2) is 53.4 Å². The molecule has 0 aliphatic heterocycles. The molecule has 0 heterocycles. The van der Waals surface area contributed by atoms with Crippen LogP contribution in [0.2, 0.25) is 0 Å². The van der Waals surface area contributed by atoms with Crippen LogP contribution in [0, 0.1) is 0 Å². The summed E-state index contributed by atoms with van der Waals surface area (Å²) in [4.78, 5) is 0.301. The fourth-order valence-electron chi connectivity index (χ4n) is 2.15. The molecule has 0 fully saturated rings. The molecule has 24 heavy (non-hydrogen) atoms. The molecule has 2 rings (SSSR count). The third kappa shape index (κ3) is 4.94. The highest BCUT2D eigenvalue weighted by molar-refractivity contribution is 7.90. The predicted molar refractivity (Wildman–Crippen MR) is 100 cm³/mol. The maximum atomic E-state index is 11.5. The van der Waals surface area contributed by atoms with Crippen molar-refractivity contribution in [3.8, 4) is 5.75 Å². The van der Waals surface area contributed by atoms with Gasteiger partial charge in [-0.25, -0.2) is 8.42 Å². The normalized spacial score (nSPS) is 12.3. The first-order chi connectivity index (χ1) is 11.3. The van der Waals surface area contributed by atoms with E-state index in [4.69, 9.17) is 17.0 Å². The summed E-state index contributed by atoms with van der Waals surface area (Å²) in [5, 5.41) is 6.74. The molecule has 0 radical (unpaired) electrons. The molecule has 1 atom stereocenters. The zero-order valence-electron chi connectivity index (χ0n) is 13.7. The molecular weight excluding hydrogens is 344 g/mol. The molecule has 0 saturated carbocycles. The van der Waals surface area contributed by atoms with Crippen molar-refractivity contribution in [2.75, 3.05) is 18.7 Å². The number of benzene rings is 2. The van der Waals surface area contributed by atoms with Crippen LogP contribution in [0.3, 0.4) is 0 Å². The second-order valence-corrected chi connectivity index (χ2v) is 7.82. The van der Waals surface area contributed by atoms with Crippen LogP contribution in [0.1, 0.15) is 18.5 Å². The molecule has 0 aliphatic carbocycles. The van der Waals surface area contributed by atoms with Gasteiger partial charge >= 0.3 is 0 Å². The van der Waals surface area contributed by atoms with E-state index in [-0.39, 0.29) is 6.04 Å². The van der Waals surface area contributed by atoms with Crippen molar-refractivity contribution < 1.29 is 13.2 Å². The Balaban J connectivity index is 2.00. The zero-order valence-corrected chi connectivity index (χ0v) is 15.4. The topological polar surface area (TPSA) is 67.4 Å². The van der Waals surface area contributed by atoms with Crippen molar-refractivity contribution in [1.82, 2.24) is 5.32 Å². The molecule has 0 amide bonds. The third-order valence-electron chi connectivity index (χ3n) is 3.48. The lowest BCUT2D eigenvalue weighted by Gasteiger charge is -2.18. The summed E-state index contributed by atoms with van der Waals surface area (Å²) < 4.78 is 28.2. The number of hydrogen-bond donors (Lipinski definition) is 2. The molecule has 0 aromatic heterocycles. The minimum absolute atomic E-state index is 0.0655. The van der Waals surface area contributed by atoms with E-state index in [0.29, 0.717) is 10.0 Å². The van der Waals surface area contributed by atoms with E-state index >= 15 is 0 Å². The number of anilines is 1. The first-order valence-electron chi connectivity index (χ1n) is 7.31. The number of thiocarbonyl (C=S) groups is 1. The Labute approximate surface area is 148 Å². The summed E-state index contributed by atoms with van der Waals surface area (Å²) in [6.07, 6.45) is 1.19. The van der Waals surface area contributed by atoms with Crippen molar-refractivity contribution >= 4 is 32.9 Å². The van der Waals surface area contributed by atoms with Gasteiger partial charge in [0.25, 0.3) is 0 Å². The lowest BCUT2D eigenvalue weighted by molar-refractivity contribution is 0.415.